The van der Waals surface area contributed by atoms with E-state index in [1.165, 1.54) is 39.6 Å². The van der Waals surface area contributed by atoms with E-state index in [1.54, 1.807) is 33.6 Å². The fraction of sp³-hybridized carbons (Fsp3) is 0.295. The first kappa shape index (κ1) is 29.7. The van der Waals surface area contributed by atoms with Gasteiger partial charge in [0, 0.05) is 10.3 Å². The number of rotatable bonds is 5. The number of allylic oxidation sites excluding steroid dienone is 14. The maximum absolute atomic E-state index is 5.24. The first-order chi connectivity index (χ1) is 23.6. The molecule has 3 atom stereocenters. The molecule has 5 aliphatic rings. The molecule has 0 fully saturated rings. The van der Waals surface area contributed by atoms with E-state index in [1.807, 2.05) is 0 Å². The van der Waals surface area contributed by atoms with Crippen molar-refractivity contribution in [2.75, 3.05) is 0 Å². The Morgan fingerprint density at radius 3 is 2.46 bits per heavy atom. The van der Waals surface area contributed by atoms with Crippen molar-refractivity contribution in [2.45, 2.75) is 70.6 Å². The summed E-state index contributed by atoms with van der Waals surface area (Å²) in [6.07, 6.45) is 27.5. The smallest absolute Gasteiger partial charge is 0.174 e. The maximum atomic E-state index is 5.24. The van der Waals surface area contributed by atoms with Crippen LogP contribution in [-0.4, -0.2) is 15.0 Å². The number of thiophene rings is 1. The van der Waals surface area contributed by atoms with Crippen LogP contribution in [0.1, 0.15) is 76.6 Å². The lowest BCUT2D eigenvalue weighted by Crippen LogP contribution is -2.34. The van der Waals surface area contributed by atoms with Gasteiger partial charge in [0.05, 0.1) is 10.3 Å². The van der Waals surface area contributed by atoms with Crippen molar-refractivity contribution in [1.29, 1.82) is 0 Å². The van der Waals surface area contributed by atoms with E-state index >= 15 is 0 Å². The summed E-state index contributed by atoms with van der Waals surface area (Å²) in [5.74, 6) is 3.41. The summed E-state index contributed by atoms with van der Waals surface area (Å²) in [6.45, 7) is 4.85. The SMILES string of the molecule is CC1C=CC2=C(C1)C(C1=CC=CCC1)(c1cccc(-c3nc(C4=CC=CCC4)nc(-c4cc5ccccc5s4)n3)c1)C1=C2C(C)CCC1. The van der Waals surface area contributed by atoms with Crippen LogP contribution in [0.15, 0.2) is 131 Å². The van der Waals surface area contributed by atoms with Crippen LogP contribution in [0, 0.1) is 11.8 Å². The Morgan fingerprint density at radius 2 is 1.62 bits per heavy atom. The number of aromatic nitrogens is 3. The van der Waals surface area contributed by atoms with Gasteiger partial charge in [-0.3, -0.25) is 0 Å². The molecule has 0 saturated heterocycles. The fourth-order valence-electron chi connectivity index (χ4n) is 9.00. The van der Waals surface area contributed by atoms with Crippen LogP contribution in [0.4, 0.5) is 0 Å². The van der Waals surface area contributed by atoms with Gasteiger partial charge in [-0.05, 0) is 120 Å². The van der Waals surface area contributed by atoms with Gasteiger partial charge in [0.15, 0.2) is 17.5 Å². The molecule has 4 aromatic rings. The molecule has 9 rings (SSSR count). The van der Waals surface area contributed by atoms with Crippen molar-refractivity contribution in [2.24, 2.45) is 11.8 Å². The molecular weight excluding hydrogens is 603 g/mol. The molecule has 3 unspecified atom stereocenters. The van der Waals surface area contributed by atoms with Gasteiger partial charge in [-0.25, -0.2) is 15.0 Å². The van der Waals surface area contributed by atoms with Gasteiger partial charge in [0.1, 0.15) is 0 Å². The van der Waals surface area contributed by atoms with Crippen molar-refractivity contribution in [1.82, 2.24) is 15.0 Å². The van der Waals surface area contributed by atoms with Crippen LogP contribution in [0.5, 0.6) is 0 Å². The summed E-state index contributed by atoms with van der Waals surface area (Å²) < 4.78 is 1.25. The molecule has 0 saturated carbocycles. The van der Waals surface area contributed by atoms with E-state index in [0.29, 0.717) is 11.8 Å². The minimum atomic E-state index is -0.208. The van der Waals surface area contributed by atoms with Crippen LogP contribution in [0.25, 0.3) is 37.7 Å². The highest BCUT2D eigenvalue weighted by Gasteiger charge is 2.51. The summed E-state index contributed by atoms with van der Waals surface area (Å²) in [4.78, 5) is 16.6. The third-order valence-electron chi connectivity index (χ3n) is 11.2. The van der Waals surface area contributed by atoms with Crippen molar-refractivity contribution >= 4 is 27.0 Å². The normalized spacial score (nSPS) is 25.0. The lowest BCUT2D eigenvalue weighted by molar-refractivity contribution is 0.504. The van der Waals surface area contributed by atoms with Gasteiger partial charge in [-0.15, -0.1) is 11.3 Å². The Balaban J connectivity index is 1.26. The molecule has 0 radical (unpaired) electrons. The van der Waals surface area contributed by atoms with Crippen LogP contribution in [0.2, 0.25) is 0 Å². The second-order valence-corrected chi connectivity index (χ2v) is 15.3. The Morgan fingerprint density at radius 1 is 0.792 bits per heavy atom. The van der Waals surface area contributed by atoms with Gasteiger partial charge >= 0.3 is 0 Å². The van der Waals surface area contributed by atoms with Crippen molar-refractivity contribution in [3.8, 4) is 22.1 Å². The van der Waals surface area contributed by atoms with Crippen LogP contribution in [0.3, 0.4) is 0 Å². The highest BCUT2D eigenvalue weighted by atomic mass is 32.1. The molecule has 0 aliphatic heterocycles. The van der Waals surface area contributed by atoms with E-state index in [-0.39, 0.29) is 5.41 Å². The molecule has 0 N–H and O–H groups in total. The summed E-state index contributed by atoms with van der Waals surface area (Å²) in [7, 11) is 0. The zero-order valence-corrected chi connectivity index (χ0v) is 28.7. The first-order valence-corrected chi connectivity index (χ1v) is 18.6. The number of hydrogen-bond donors (Lipinski definition) is 0. The Bertz CT molecular complexity index is 2150. The number of nitrogens with zero attached hydrogens (tertiary/aromatic N) is 3. The van der Waals surface area contributed by atoms with Crippen LogP contribution < -0.4 is 0 Å². The minimum Gasteiger partial charge on any atom is -0.209 e. The summed E-state index contributed by atoms with van der Waals surface area (Å²) in [5.41, 5.74) is 11.4. The van der Waals surface area contributed by atoms with E-state index in [0.717, 1.165) is 66.4 Å². The Labute approximate surface area is 288 Å². The van der Waals surface area contributed by atoms with Gasteiger partial charge in [-0.2, -0.15) is 0 Å². The summed E-state index contributed by atoms with van der Waals surface area (Å²) in [5, 5.41) is 1.23. The topological polar surface area (TPSA) is 38.7 Å². The molecular formula is C44H41N3S. The minimum absolute atomic E-state index is 0.208. The molecule has 48 heavy (non-hydrogen) atoms. The van der Waals surface area contributed by atoms with Crippen molar-refractivity contribution < 1.29 is 0 Å². The third kappa shape index (κ3) is 4.79. The second kappa shape index (κ2) is 11.9. The number of hydrogen-bond acceptors (Lipinski definition) is 4. The summed E-state index contributed by atoms with van der Waals surface area (Å²) in [6, 6.07) is 20.1. The lowest BCUT2D eigenvalue weighted by atomic mass is 9.60. The van der Waals surface area contributed by atoms with E-state index < -0.39 is 0 Å². The molecule has 2 heterocycles. The molecule has 2 aromatic carbocycles. The Hall–Kier alpha value is -4.41. The monoisotopic (exact) mass is 643 g/mol. The van der Waals surface area contributed by atoms with E-state index in [2.05, 4.69) is 117 Å². The highest BCUT2D eigenvalue weighted by molar-refractivity contribution is 7.22. The highest BCUT2D eigenvalue weighted by Crippen LogP contribution is 2.62. The average molecular weight is 644 g/mol. The van der Waals surface area contributed by atoms with Gasteiger partial charge in [0.2, 0.25) is 0 Å². The van der Waals surface area contributed by atoms with Crippen LogP contribution >= 0.6 is 11.3 Å². The lowest BCUT2D eigenvalue weighted by Gasteiger charge is -2.42. The van der Waals surface area contributed by atoms with Gasteiger partial charge < -0.3 is 0 Å². The third-order valence-corrected chi connectivity index (χ3v) is 12.3. The second-order valence-electron chi connectivity index (χ2n) is 14.2. The van der Waals surface area contributed by atoms with Crippen molar-refractivity contribution in [3.63, 3.8) is 0 Å². The molecule has 0 bridgehead atoms. The largest absolute Gasteiger partial charge is 0.209 e. The molecule has 4 heteroatoms. The Kier molecular flexibility index (Phi) is 7.38. The quantitative estimate of drug-likeness (QED) is 0.217. The molecule has 0 spiro atoms. The van der Waals surface area contributed by atoms with E-state index in [4.69, 9.17) is 15.0 Å². The van der Waals surface area contributed by atoms with Gasteiger partial charge in [0.25, 0.3) is 0 Å². The predicted octanol–water partition coefficient (Wildman–Crippen LogP) is 11.7. The van der Waals surface area contributed by atoms with E-state index in [9.17, 15) is 0 Å². The maximum Gasteiger partial charge on any atom is 0.174 e. The van der Waals surface area contributed by atoms with Gasteiger partial charge in [-0.1, -0.05) is 104 Å². The van der Waals surface area contributed by atoms with Crippen molar-refractivity contribution in [3.05, 3.63) is 142 Å². The molecule has 3 nitrogen and oxygen atoms in total. The first-order valence-electron chi connectivity index (χ1n) is 17.8. The zero-order chi connectivity index (χ0) is 32.2. The summed E-state index contributed by atoms with van der Waals surface area (Å²) >= 11 is 1.76. The molecule has 5 aliphatic carbocycles. The predicted molar refractivity (Wildman–Crippen MR) is 201 cm³/mol. The number of fused-ring (bicyclic) bond motifs is 2. The fourth-order valence-corrected chi connectivity index (χ4v) is 9.99. The standard InChI is InChI=1S/C44H41N3S/c1-28-23-24-35-37(25-28)44(33-18-7-4-8-19-33,36-21-11-13-29(2)40(35)36)34-20-12-17-32(26-34)42-45-41(30-14-5-3-6-15-30)46-43(47-42)39-27-31-16-9-10-22-38(31)48-39/h3-5,7,9-10,12,14,16-18,20,22-24,26-29H,6,8,11,13,15,19,21,25H2,1-2H3. The zero-order valence-electron chi connectivity index (χ0n) is 27.9. The number of benzene rings is 2. The molecule has 0 amide bonds. The van der Waals surface area contributed by atoms with Crippen LogP contribution in [-0.2, 0) is 5.41 Å². The molecule has 238 valence electrons. The molecule has 2 aromatic heterocycles. The average Bonchev–Trinajstić information content (AvgIpc) is 3.71.